The highest BCUT2D eigenvalue weighted by molar-refractivity contribution is 5.82. The molecule has 9 nitrogen and oxygen atoms in total. The van der Waals surface area contributed by atoms with E-state index < -0.39 is 6.16 Å². The molecular weight excluding hydrogens is 424 g/mol. The molecule has 3 rings (SSSR count). The van der Waals surface area contributed by atoms with Crippen LogP contribution in [0.3, 0.4) is 0 Å². The summed E-state index contributed by atoms with van der Waals surface area (Å²) in [5.74, 6) is 0.303. The summed E-state index contributed by atoms with van der Waals surface area (Å²) in [4.78, 5) is 31.0. The molecule has 1 aromatic heterocycles. The molecular formula is C24H22N4O5. The summed E-state index contributed by atoms with van der Waals surface area (Å²) in [5.41, 5.74) is 13.0. The Morgan fingerprint density at radius 1 is 1.06 bits per heavy atom. The van der Waals surface area contributed by atoms with Crippen molar-refractivity contribution < 1.29 is 23.8 Å². The van der Waals surface area contributed by atoms with Gasteiger partial charge in [-0.15, -0.1) is 0 Å². The molecule has 3 aromatic rings. The summed E-state index contributed by atoms with van der Waals surface area (Å²) >= 11 is 0. The molecule has 0 bridgehead atoms. The molecule has 0 unspecified atom stereocenters. The van der Waals surface area contributed by atoms with E-state index in [4.69, 9.17) is 19.7 Å². The van der Waals surface area contributed by atoms with Gasteiger partial charge in [0.05, 0.1) is 0 Å². The lowest BCUT2D eigenvalue weighted by Crippen LogP contribution is -2.10. The van der Waals surface area contributed by atoms with Gasteiger partial charge in [0.15, 0.2) is 5.78 Å². The van der Waals surface area contributed by atoms with Gasteiger partial charge in [0.2, 0.25) is 0 Å². The minimum Gasteiger partial charge on any atom is -0.429 e. The number of ether oxygens (including phenoxy) is 3. The first-order valence-electron chi connectivity index (χ1n) is 10.0. The topological polar surface area (TPSA) is 123 Å². The Morgan fingerprint density at radius 2 is 1.85 bits per heavy atom. The van der Waals surface area contributed by atoms with Crippen LogP contribution < -0.4 is 4.74 Å². The van der Waals surface area contributed by atoms with Crippen molar-refractivity contribution in [1.82, 2.24) is 4.98 Å². The highest BCUT2D eigenvalue weighted by Gasteiger charge is 2.11. The largest absolute Gasteiger partial charge is 0.514 e. The van der Waals surface area contributed by atoms with Crippen LogP contribution in [-0.2, 0) is 27.3 Å². The van der Waals surface area contributed by atoms with Crippen LogP contribution in [0.25, 0.3) is 21.6 Å². The Bertz CT molecular complexity index is 1190. The van der Waals surface area contributed by atoms with E-state index >= 15 is 0 Å². The van der Waals surface area contributed by atoms with Gasteiger partial charge in [-0.1, -0.05) is 34.9 Å². The zero-order chi connectivity index (χ0) is 23.6. The lowest BCUT2D eigenvalue weighted by Gasteiger charge is -2.11. The molecule has 2 aromatic carbocycles. The number of azide groups is 1. The van der Waals surface area contributed by atoms with Gasteiger partial charge in [0.25, 0.3) is 0 Å². The zero-order valence-electron chi connectivity index (χ0n) is 18.2. The molecule has 0 fully saturated rings. The van der Waals surface area contributed by atoms with Crippen molar-refractivity contribution in [2.75, 3.05) is 13.7 Å². The summed E-state index contributed by atoms with van der Waals surface area (Å²) in [5, 5.41) is 3.66. The average Bonchev–Trinajstić information content (AvgIpc) is 2.80. The fraction of sp³-hybridized carbons (Fsp3) is 0.208. The summed E-state index contributed by atoms with van der Waals surface area (Å²) in [6.45, 7) is 1.80. The third-order valence-electron chi connectivity index (χ3n) is 4.63. The molecule has 0 spiro atoms. The smallest absolute Gasteiger partial charge is 0.429 e. The zero-order valence-corrected chi connectivity index (χ0v) is 18.2. The molecule has 33 heavy (non-hydrogen) atoms. The van der Waals surface area contributed by atoms with E-state index in [1.54, 1.807) is 42.7 Å². The molecule has 9 heteroatoms. The van der Waals surface area contributed by atoms with Gasteiger partial charge in [0.1, 0.15) is 19.0 Å². The summed E-state index contributed by atoms with van der Waals surface area (Å²) < 4.78 is 15.3. The van der Waals surface area contributed by atoms with E-state index in [-0.39, 0.29) is 25.4 Å². The summed E-state index contributed by atoms with van der Waals surface area (Å²) in [6.07, 6.45) is 2.60. The quantitative estimate of drug-likeness (QED) is 0.141. The molecule has 0 atom stereocenters. The van der Waals surface area contributed by atoms with Crippen molar-refractivity contribution in [3.8, 4) is 16.9 Å². The number of benzene rings is 2. The Labute approximate surface area is 190 Å². The number of carbonyl (C=O) groups excluding carboxylic acids is 2. The maximum Gasteiger partial charge on any atom is 0.514 e. The third-order valence-corrected chi connectivity index (χ3v) is 4.63. The highest BCUT2D eigenvalue weighted by Crippen LogP contribution is 2.28. The van der Waals surface area contributed by atoms with E-state index in [1.807, 2.05) is 25.1 Å². The minimum absolute atomic E-state index is 0.0330. The van der Waals surface area contributed by atoms with Crippen LogP contribution in [0.5, 0.6) is 5.75 Å². The number of rotatable bonds is 9. The molecule has 0 N–H and O–H groups in total. The van der Waals surface area contributed by atoms with Gasteiger partial charge in [-0.3, -0.25) is 9.78 Å². The molecule has 0 aliphatic rings. The van der Waals surface area contributed by atoms with E-state index in [2.05, 4.69) is 15.0 Å². The van der Waals surface area contributed by atoms with Crippen molar-refractivity contribution >= 4 is 17.6 Å². The second-order valence-electron chi connectivity index (χ2n) is 7.22. The first kappa shape index (κ1) is 23.5. The Kier molecular flexibility index (Phi) is 8.13. The van der Waals surface area contributed by atoms with E-state index in [1.165, 1.54) is 7.11 Å². The van der Waals surface area contributed by atoms with Crippen molar-refractivity contribution in [3.63, 3.8) is 0 Å². The van der Waals surface area contributed by atoms with Crippen LogP contribution in [0.1, 0.15) is 16.7 Å². The number of carbonyl (C=O) groups is 2. The number of aryl methyl sites for hydroxylation is 1. The molecule has 1 heterocycles. The van der Waals surface area contributed by atoms with Gasteiger partial charge in [0, 0.05) is 42.1 Å². The minimum atomic E-state index is -0.878. The Morgan fingerprint density at radius 3 is 2.58 bits per heavy atom. The number of methoxy groups -OCH3 is 1. The monoisotopic (exact) mass is 446 g/mol. The predicted octanol–water partition coefficient (Wildman–Crippen LogP) is 5.47. The van der Waals surface area contributed by atoms with Gasteiger partial charge >= 0.3 is 6.16 Å². The molecule has 0 radical (unpaired) electrons. The second-order valence-corrected chi connectivity index (χ2v) is 7.22. The summed E-state index contributed by atoms with van der Waals surface area (Å²) in [6, 6.07) is 13.9. The lowest BCUT2D eigenvalue weighted by molar-refractivity contribution is -0.121. The number of hydrogen-bond acceptors (Lipinski definition) is 7. The van der Waals surface area contributed by atoms with Crippen LogP contribution in [0.2, 0.25) is 0 Å². The molecule has 0 saturated carbocycles. The maximum atomic E-state index is 12.1. The van der Waals surface area contributed by atoms with Crippen LogP contribution in [0.4, 0.5) is 10.5 Å². The van der Waals surface area contributed by atoms with Crippen LogP contribution in [0.15, 0.2) is 66.0 Å². The predicted molar refractivity (Wildman–Crippen MR) is 121 cm³/mol. The number of pyridine rings is 1. The molecule has 168 valence electrons. The number of Topliss-reactive ketones (excluding diaryl/α,β-unsaturated/α-hetero) is 1. The fourth-order valence-electron chi connectivity index (χ4n) is 3.08. The van der Waals surface area contributed by atoms with E-state index in [0.717, 1.165) is 22.3 Å². The number of aromatic nitrogens is 1. The van der Waals surface area contributed by atoms with Crippen LogP contribution in [0, 0.1) is 6.92 Å². The molecule has 0 saturated heterocycles. The number of nitrogens with zero attached hydrogens (tertiary/aromatic N) is 4. The second kappa shape index (κ2) is 11.4. The van der Waals surface area contributed by atoms with Gasteiger partial charge in [-0.25, -0.2) is 4.79 Å². The van der Waals surface area contributed by atoms with Gasteiger partial charge in [-0.05, 0) is 53.4 Å². The average molecular weight is 446 g/mol. The number of hydrogen-bond donors (Lipinski definition) is 0. The van der Waals surface area contributed by atoms with Crippen molar-refractivity contribution in [2.45, 2.75) is 20.0 Å². The van der Waals surface area contributed by atoms with Gasteiger partial charge in [-0.2, -0.15) is 0 Å². The molecule has 0 amide bonds. The SMILES string of the molecule is COCC(=O)Cc1cncc(-c2ccc(N=[N+]=[N-])c(COC(=O)Oc3ccc(C)cc3)c2)c1. The standard InChI is InChI=1S/C24H22N4O5/c1-16-3-6-22(7-4-16)33-24(30)32-14-20-11-18(5-8-23(20)27-28-25)19-9-17(12-26-13-19)10-21(29)15-31-2/h3-9,11-13H,10,14-15H2,1-2H3. The van der Waals surface area contributed by atoms with Crippen molar-refractivity contribution in [1.29, 1.82) is 0 Å². The summed E-state index contributed by atoms with van der Waals surface area (Å²) in [7, 11) is 1.47. The third kappa shape index (κ3) is 6.90. The van der Waals surface area contributed by atoms with Crippen molar-refractivity contribution in [2.24, 2.45) is 5.11 Å². The first-order chi connectivity index (χ1) is 16.0. The normalized spacial score (nSPS) is 10.2. The van der Waals surface area contributed by atoms with Crippen LogP contribution in [-0.4, -0.2) is 30.6 Å². The van der Waals surface area contributed by atoms with E-state index in [9.17, 15) is 9.59 Å². The van der Waals surface area contributed by atoms with Crippen LogP contribution >= 0.6 is 0 Å². The molecule has 0 aliphatic carbocycles. The maximum absolute atomic E-state index is 12.1. The fourth-order valence-corrected chi connectivity index (χ4v) is 3.08. The van der Waals surface area contributed by atoms with Crippen molar-refractivity contribution in [3.05, 3.63) is 88.1 Å². The highest BCUT2D eigenvalue weighted by atomic mass is 16.7. The molecule has 0 aliphatic heterocycles. The Hall–Kier alpha value is -4.20. The number of ketones is 1. The Balaban J connectivity index is 1.76. The van der Waals surface area contributed by atoms with E-state index in [0.29, 0.717) is 17.0 Å². The first-order valence-corrected chi connectivity index (χ1v) is 10.0. The van der Waals surface area contributed by atoms with Gasteiger partial charge < -0.3 is 14.2 Å². The lowest BCUT2D eigenvalue weighted by atomic mass is 10.0.